The van der Waals surface area contributed by atoms with Crippen LogP contribution in [0.3, 0.4) is 0 Å². The van der Waals surface area contributed by atoms with E-state index in [2.05, 4.69) is 4.99 Å². The maximum Gasteiger partial charge on any atom is 0.341 e. The Kier molecular flexibility index (Phi) is 3.93. The van der Waals surface area contributed by atoms with Gasteiger partial charge in [0.2, 0.25) is 15.9 Å². The van der Waals surface area contributed by atoms with Crippen LogP contribution in [0.4, 0.5) is 14.5 Å². The van der Waals surface area contributed by atoms with E-state index in [1.165, 1.54) is 13.2 Å². The molecule has 0 unspecified atom stereocenters. The number of isocyanates is 1. The van der Waals surface area contributed by atoms with E-state index in [-0.39, 0.29) is 11.4 Å². The molecule has 5 nitrogen and oxygen atoms in total. The SMILES string of the molecule is COc1ccc(S(=O)(=O)C(F)F)cc1N=C=O. The van der Waals surface area contributed by atoms with Crippen molar-refractivity contribution in [2.45, 2.75) is 10.7 Å². The predicted octanol–water partition coefficient (Wildman–Crippen LogP) is 1.66. The Bertz CT molecular complexity index is 564. The first kappa shape index (κ1) is 13.3. The second kappa shape index (κ2) is 5.03. The second-order valence-corrected chi connectivity index (χ2v) is 4.76. The molecule has 0 heterocycles. The normalized spacial score (nSPS) is 11.1. The molecular weight excluding hydrogens is 256 g/mol. The monoisotopic (exact) mass is 263 g/mol. The third-order valence-electron chi connectivity index (χ3n) is 1.88. The van der Waals surface area contributed by atoms with E-state index in [1.54, 1.807) is 0 Å². The summed E-state index contributed by atoms with van der Waals surface area (Å²) >= 11 is 0. The number of ether oxygens (including phenoxy) is 1. The van der Waals surface area contributed by atoms with E-state index in [0.29, 0.717) is 0 Å². The van der Waals surface area contributed by atoms with Crippen molar-refractivity contribution in [1.29, 1.82) is 0 Å². The summed E-state index contributed by atoms with van der Waals surface area (Å²) in [7, 11) is -3.46. The van der Waals surface area contributed by atoms with Crippen LogP contribution in [-0.4, -0.2) is 27.4 Å². The first-order valence-corrected chi connectivity index (χ1v) is 5.76. The van der Waals surface area contributed by atoms with Gasteiger partial charge in [-0.05, 0) is 18.2 Å². The van der Waals surface area contributed by atoms with Gasteiger partial charge in [0, 0.05) is 0 Å². The molecule has 92 valence electrons. The van der Waals surface area contributed by atoms with Crippen molar-refractivity contribution in [3.63, 3.8) is 0 Å². The fraction of sp³-hybridized carbons (Fsp3) is 0.222. The highest BCUT2D eigenvalue weighted by atomic mass is 32.2. The van der Waals surface area contributed by atoms with Crippen LogP contribution in [-0.2, 0) is 14.6 Å². The minimum atomic E-state index is -4.72. The van der Waals surface area contributed by atoms with Crippen molar-refractivity contribution in [3.8, 4) is 5.75 Å². The van der Waals surface area contributed by atoms with E-state index in [0.717, 1.165) is 18.2 Å². The zero-order chi connectivity index (χ0) is 13.1. The van der Waals surface area contributed by atoms with Crippen molar-refractivity contribution in [3.05, 3.63) is 18.2 Å². The Morgan fingerprint density at radius 3 is 2.53 bits per heavy atom. The van der Waals surface area contributed by atoms with Gasteiger partial charge in [0.1, 0.15) is 11.4 Å². The minimum Gasteiger partial charge on any atom is -0.494 e. The molecule has 0 atom stereocenters. The Morgan fingerprint density at radius 1 is 1.41 bits per heavy atom. The number of hydrogen-bond donors (Lipinski definition) is 0. The van der Waals surface area contributed by atoms with Crippen LogP contribution in [0.15, 0.2) is 28.1 Å². The summed E-state index contributed by atoms with van der Waals surface area (Å²) in [5, 5.41) is 0. The zero-order valence-corrected chi connectivity index (χ0v) is 9.37. The molecule has 0 aliphatic rings. The van der Waals surface area contributed by atoms with E-state index in [9.17, 15) is 22.0 Å². The summed E-state index contributed by atoms with van der Waals surface area (Å²) in [5.41, 5.74) is -0.177. The van der Waals surface area contributed by atoms with Crippen molar-refractivity contribution < 1.29 is 26.7 Å². The molecular formula is C9H7F2NO4S. The largest absolute Gasteiger partial charge is 0.494 e. The van der Waals surface area contributed by atoms with Gasteiger partial charge in [-0.15, -0.1) is 0 Å². The lowest BCUT2D eigenvalue weighted by molar-refractivity contribution is 0.234. The fourth-order valence-corrected chi connectivity index (χ4v) is 1.83. The number of halogens is 2. The first-order valence-electron chi connectivity index (χ1n) is 4.21. The Hall–Kier alpha value is -1.79. The standard InChI is InChI=1S/C9H7F2NO4S/c1-16-8-3-2-6(4-7(8)12-5-13)17(14,15)9(10)11/h2-4,9H,1H3. The van der Waals surface area contributed by atoms with Crippen molar-refractivity contribution in [2.75, 3.05) is 7.11 Å². The highest BCUT2D eigenvalue weighted by Crippen LogP contribution is 2.31. The van der Waals surface area contributed by atoms with Gasteiger partial charge in [0.05, 0.1) is 12.0 Å². The van der Waals surface area contributed by atoms with Crippen LogP contribution < -0.4 is 4.74 Å². The number of methoxy groups -OCH3 is 1. The van der Waals surface area contributed by atoms with Gasteiger partial charge in [-0.3, -0.25) is 0 Å². The van der Waals surface area contributed by atoms with Crippen LogP contribution in [0.2, 0.25) is 0 Å². The number of benzene rings is 1. The van der Waals surface area contributed by atoms with Crippen LogP contribution in [0.25, 0.3) is 0 Å². The Balaban J connectivity index is 3.41. The van der Waals surface area contributed by atoms with E-state index in [4.69, 9.17) is 4.74 Å². The number of carbonyl (C=O) groups excluding carboxylic acids is 1. The zero-order valence-electron chi connectivity index (χ0n) is 8.55. The third-order valence-corrected chi connectivity index (χ3v) is 3.26. The summed E-state index contributed by atoms with van der Waals surface area (Å²) in [5.74, 6) is -3.45. The second-order valence-electron chi connectivity index (χ2n) is 2.84. The van der Waals surface area contributed by atoms with Gasteiger partial charge < -0.3 is 4.74 Å². The van der Waals surface area contributed by atoms with E-state index < -0.39 is 20.5 Å². The van der Waals surface area contributed by atoms with Crippen LogP contribution >= 0.6 is 0 Å². The summed E-state index contributed by atoms with van der Waals surface area (Å²) in [4.78, 5) is 12.6. The highest BCUT2D eigenvalue weighted by molar-refractivity contribution is 7.91. The summed E-state index contributed by atoms with van der Waals surface area (Å²) in [6.45, 7) is 0. The molecule has 1 aromatic rings. The van der Waals surface area contributed by atoms with Crippen LogP contribution in [0.5, 0.6) is 5.75 Å². The number of nitrogens with zero attached hydrogens (tertiary/aromatic N) is 1. The molecule has 1 rings (SSSR count). The summed E-state index contributed by atoms with van der Waals surface area (Å²) < 4.78 is 51.6. The minimum absolute atomic E-state index is 0.0848. The average Bonchev–Trinajstić information content (AvgIpc) is 2.29. The maximum absolute atomic E-state index is 12.3. The molecule has 0 amide bonds. The number of rotatable bonds is 4. The molecule has 0 aromatic heterocycles. The fourth-order valence-electron chi connectivity index (χ4n) is 1.09. The van der Waals surface area contributed by atoms with Crippen molar-refractivity contribution >= 4 is 21.6 Å². The van der Waals surface area contributed by atoms with E-state index >= 15 is 0 Å². The molecule has 0 aliphatic carbocycles. The molecule has 0 aliphatic heterocycles. The van der Waals surface area contributed by atoms with Gasteiger partial charge in [0.15, 0.2) is 0 Å². The molecule has 0 radical (unpaired) electrons. The molecule has 0 spiro atoms. The van der Waals surface area contributed by atoms with Gasteiger partial charge >= 0.3 is 5.76 Å². The molecule has 0 saturated carbocycles. The number of alkyl halides is 2. The summed E-state index contributed by atoms with van der Waals surface area (Å²) in [6, 6.07) is 2.90. The summed E-state index contributed by atoms with van der Waals surface area (Å²) in [6.07, 6.45) is 1.18. The molecule has 0 N–H and O–H groups in total. The average molecular weight is 263 g/mol. The third kappa shape index (κ3) is 2.66. The lowest BCUT2D eigenvalue weighted by Gasteiger charge is -2.06. The van der Waals surface area contributed by atoms with Gasteiger partial charge in [-0.2, -0.15) is 13.8 Å². The van der Waals surface area contributed by atoms with Gasteiger partial charge in [-0.1, -0.05) is 0 Å². The lowest BCUT2D eigenvalue weighted by Crippen LogP contribution is -2.11. The molecule has 0 bridgehead atoms. The van der Waals surface area contributed by atoms with Crippen molar-refractivity contribution in [2.24, 2.45) is 4.99 Å². The maximum atomic E-state index is 12.3. The van der Waals surface area contributed by atoms with Crippen LogP contribution in [0, 0.1) is 0 Å². The number of sulfone groups is 1. The first-order chi connectivity index (χ1) is 7.93. The smallest absolute Gasteiger partial charge is 0.341 e. The Labute approximate surface area is 95.7 Å². The topological polar surface area (TPSA) is 72.8 Å². The molecule has 17 heavy (non-hydrogen) atoms. The lowest BCUT2D eigenvalue weighted by atomic mass is 10.3. The predicted molar refractivity (Wildman–Crippen MR) is 54.0 cm³/mol. The molecule has 0 saturated heterocycles. The van der Waals surface area contributed by atoms with Crippen LogP contribution in [0.1, 0.15) is 0 Å². The van der Waals surface area contributed by atoms with Gasteiger partial charge in [-0.25, -0.2) is 13.2 Å². The highest BCUT2D eigenvalue weighted by Gasteiger charge is 2.27. The van der Waals surface area contributed by atoms with E-state index in [1.807, 2.05) is 0 Å². The molecule has 1 aromatic carbocycles. The number of aliphatic imine (C=N–C) groups is 1. The number of hydrogen-bond acceptors (Lipinski definition) is 5. The van der Waals surface area contributed by atoms with Crippen molar-refractivity contribution in [1.82, 2.24) is 0 Å². The van der Waals surface area contributed by atoms with Gasteiger partial charge in [0.25, 0.3) is 0 Å². The quantitative estimate of drug-likeness (QED) is 0.611. The molecule has 8 heteroatoms. The Morgan fingerprint density at radius 2 is 2.06 bits per heavy atom. The molecule has 0 fully saturated rings.